The van der Waals surface area contributed by atoms with Gasteiger partial charge in [-0.15, -0.1) is 0 Å². The largest absolute Gasteiger partial charge is 0.490 e. The third-order valence-electron chi connectivity index (χ3n) is 9.38. The highest BCUT2D eigenvalue weighted by Gasteiger charge is 2.42. The lowest BCUT2D eigenvalue weighted by atomic mass is 9.70. The van der Waals surface area contributed by atoms with Gasteiger partial charge >= 0.3 is 0 Å². The summed E-state index contributed by atoms with van der Waals surface area (Å²) in [5, 5.41) is 5.13. The number of hydrogen-bond acceptors (Lipinski definition) is 2. The second-order valence-corrected chi connectivity index (χ2v) is 11.9. The number of aryl methyl sites for hydroxylation is 1. The van der Waals surface area contributed by atoms with Gasteiger partial charge in [0.15, 0.2) is 0 Å². The Kier molecular flexibility index (Phi) is 7.70. The van der Waals surface area contributed by atoms with Crippen molar-refractivity contribution in [2.45, 2.75) is 56.3 Å². The van der Waals surface area contributed by atoms with Crippen molar-refractivity contribution in [3.63, 3.8) is 0 Å². The van der Waals surface area contributed by atoms with Crippen molar-refractivity contribution < 1.29 is 9.47 Å². The lowest BCUT2D eigenvalue weighted by Crippen LogP contribution is -2.42. The summed E-state index contributed by atoms with van der Waals surface area (Å²) in [5.41, 5.74) is 5.14. The van der Waals surface area contributed by atoms with Gasteiger partial charge in [-0.2, -0.15) is 0 Å². The molecule has 5 aromatic carbocycles. The smallest absolute Gasteiger partial charge is 0.119 e. The lowest BCUT2D eigenvalue weighted by Gasteiger charge is -2.43. The molecule has 5 unspecified atom stereocenters. The third kappa shape index (κ3) is 5.44. The van der Waals surface area contributed by atoms with E-state index in [4.69, 9.17) is 9.47 Å². The normalized spacial score (nSPS) is 23.4. The third-order valence-corrected chi connectivity index (χ3v) is 9.38. The highest BCUT2D eigenvalue weighted by molar-refractivity contribution is 5.93. The summed E-state index contributed by atoms with van der Waals surface area (Å²) >= 11 is 0. The van der Waals surface area contributed by atoms with Crippen LogP contribution in [0.5, 0.6) is 5.75 Å². The molecule has 5 atom stereocenters. The predicted octanol–water partition coefficient (Wildman–Crippen LogP) is 10.3. The molecule has 0 saturated heterocycles. The average Bonchev–Trinajstić information content (AvgIpc) is 3.06. The average molecular weight is 563 g/mol. The molecule has 2 nitrogen and oxygen atoms in total. The zero-order valence-electron chi connectivity index (χ0n) is 24.7. The SMILES string of the molecule is C=Cc1ccc(C2CC(OC3C=CC=CC3)C(c3ccc(C)c4ccccc34)CC2Oc2ccccc2)c2ccccc12. The number of rotatable bonds is 7. The molecular weight excluding hydrogens is 524 g/mol. The molecule has 5 aromatic rings. The van der Waals surface area contributed by atoms with Crippen molar-refractivity contribution >= 4 is 27.6 Å². The van der Waals surface area contributed by atoms with Gasteiger partial charge in [0.25, 0.3) is 0 Å². The van der Waals surface area contributed by atoms with Gasteiger partial charge in [0.05, 0.1) is 12.2 Å². The molecule has 2 heteroatoms. The topological polar surface area (TPSA) is 18.5 Å². The number of para-hydroxylation sites is 1. The van der Waals surface area contributed by atoms with Crippen LogP contribution < -0.4 is 4.74 Å². The van der Waals surface area contributed by atoms with Crippen molar-refractivity contribution in [1.82, 2.24) is 0 Å². The zero-order valence-corrected chi connectivity index (χ0v) is 24.7. The Hall–Kier alpha value is -4.40. The summed E-state index contributed by atoms with van der Waals surface area (Å²) in [6, 6.07) is 37.0. The number of ether oxygens (including phenoxy) is 2. The van der Waals surface area contributed by atoms with E-state index >= 15 is 0 Å². The minimum atomic E-state index is -0.0212. The Morgan fingerprint density at radius 1 is 0.651 bits per heavy atom. The van der Waals surface area contributed by atoms with Crippen LogP contribution in [0.3, 0.4) is 0 Å². The molecule has 0 aromatic heterocycles. The van der Waals surface area contributed by atoms with Gasteiger partial charge in [-0.3, -0.25) is 0 Å². The van der Waals surface area contributed by atoms with Crippen LogP contribution in [0.15, 0.2) is 134 Å². The Morgan fingerprint density at radius 2 is 1.28 bits per heavy atom. The summed E-state index contributed by atoms with van der Waals surface area (Å²) < 4.78 is 14.0. The van der Waals surface area contributed by atoms with Crippen LogP contribution in [0.2, 0.25) is 0 Å². The summed E-state index contributed by atoms with van der Waals surface area (Å²) in [7, 11) is 0. The van der Waals surface area contributed by atoms with E-state index in [9.17, 15) is 0 Å². The Bertz CT molecular complexity index is 1810. The predicted molar refractivity (Wildman–Crippen MR) is 180 cm³/mol. The molecule has 1 fully saturated rings. The molecule has 43 heavy (non-hydrogen) atoms. The molecule has 0 spiro atoms. The molecule has 0 aliphatic heterocycles. The van der Waals surface area contributed by atoms with Gasteiger partial charge in [0.2, 0.25) is 0 Å². The maximum Gasteiger partial charge on any atom is 0.119 e. The minimum Gasteiger partial charge on any atom is -0.490 e. The Balaban J connectivity index is 1.36. The van der Waals surface area contributed by atoms with E-state index in [1.165, 1.54) is 38.2 Å². The first-order chi connectivity index (χ1) is 21.2. The fourth-order valence-corrected chi connectivity index (χ4v) is 7.27. The van der Waals surface area contributed by atoms with Gasteiger partial charge in [0.1, 0.15) is 11.9 Å². The van der Waals surface area contributed by atoms with E-state index < -0.39 is 0 Å². The van der Waals surface area contributed by atoms with E-state index in [1.54, 1.807) is 0 Å². The van der Waals surface area contributed by atoms with Crippen LogP contribution in [0, 0.1) is 6.92 Å². The summed E-state index contributed by atoms with van der Waals surface area (Å²) in [4.78, 5) is 0. The first kappa shape index (κ1) is 27.4. The molecule has 2 aliphatic rings. The fraction of sp³-hybridized carbons (Fsp3) is 0.220. The summed E-state index contributed by atoms with van der Waals surface area (Å²) in [5.74, 6) is 1.26. The van der Waals surface area contributed by atoms with Gasteiger partial charge < -0.3 is 9.47 Å². The zero-order chi connectivity index (χ0) is 29.2. The molecule has 214 valence electrons. The van der Waals surface area contributed by atoms with Crippen molar-refractivity contribution in [2.75, 3.05) is 0 Å². The molecule has 0 amide bonds. The number of hydrogen-bond donors (Lipinski definition) is 0. The lowest BCUT2D eigenvalue weighted by molar-refractivity contribution is -0.0465. The standard InChI is InChI=1S/C41H38O2/c1-3-29-23-25-37(35-21-13-11-19-33(29)35)39-27-40(42-30-14-6-4-7-15-30)38(26-41(39)43-31-16-8-5-9-17-31)36-24-22-28(2)32-18-10-12-20-34(32)36/h3-14,16-25,30,38-41H,1,15,26-27H2,2H3. The first-order valence-electron chi connectivity index (χ1n) is 15.5. The van der Waals surface area contributed by atoms with E-state index in [-0.39, 0.29) is 30.1 Å². The Morgan fingerprint density at radius 3 is 2.00 bits per heavy atom. The van der Waals surface area contributed by atoms with E-state index in [0.29, 0.717) is 0 Å². The van der Waals surface area contributed by atoms with Crippen molar-refractivity contribution in [3.05, 3.63) is 156 Å². The first-order valence-corrected chi connectivity index (χ1v) is 15.5. The highest BCUT2D eigenvalue weighted by Crippen LogP contribution is 2.48. The summed E-state index contributed by atoms with van der Waals surface area (Å²) in [6.07, 6.45) is 13.3. The molecule has 0 bridgehead atoms. The molecular formula is C41H38O2. The molecule has 0 N–H and O–H groups in total. The second-order valence-electron chi connectivity index (χ2n) is 11.9. The number of fused-ring (bicyclic) bond motifs is 2. The van der Waals surface area contributed by atoms with Crippen LogP contribution in [-0.4, -0.2) is 18.3 Å². The van der Waals surface area contributed by atoms with Crippen molar-refractivity contribution in [3.8, 4) is 5.75 Å². The van der Waals surface area contributed by atoms with Crippen molar-refractivity contribution in [2.24, 2.45) is 0 Å². The van der Waals surface area contributed by atoms with Crippen LogP contribution in [0.1, 0.15) is 53.4 Å². The highest BCUT2D eigenvalue weighted by atomic mass is 16.5. The fourth-order valence-electron chi connectivity index (χ4n) is 7.27. The van der Waals surface area contributed by atoms with Crippen LogP contribution in [-0.2, 0) is 4.74 Å². The summed E-state index contributed by atoms with van der Waals surface area (Å²) in [6.45, 7) is 6.29. The van der Waals surface area contributed by atoms with E-state index in [1.807, 2.05) is 12.1 Å². The van der Waals surface area contributed by atoms with E-state index in [0.717, 1.165) is 30.6 Å². The molecule has 1 saturated carbocycles. The minimum absolute atomic E-state index is 0.0212. The van der Waals surface area contributed by atoms with Gasteiger partial charge in [-0.1, -0.05) is 128 Å². The molecule has 0 radical (unpaired) electrons. The number of allylic oxidation sites excluding steroid dienone is 2. The quantitative estimate of drug-likeness (QED) is 0.196. The van der Waals surface area contributed by atoms with Gasteiger partial charge in [-0.05, 0) is 82.1 Å². The van der Waals surface area contributed by atoms with Crippen LogP contribution in [0.4, 0.5) is 0 Å². The monoisotopic (exact) mass is 562 g/mol. The van der Waals surface area contributed by atoms with E-state index in [2.05, 4.69) is 135 Å². The van der Waals surface area contributed by atoms with Gasteiger partial charge in [0, 0.05) is 11.8 Å². The Labute approximate surface area is 255 Å². The maximum atomic E-state index is 7.08. The van der Waals surface area contributed by atoms with Crippen LogP contribution >= 0.6 is 0 Å². The second kappa shape index (κ2) is 12.1. The maximum absolute atomic E-state index is 7.08. The molecule has 7 rings (SSSR count). The van der Waals surface area contributed by atoms with Crippen molar-refractivity contribution in [1.29, 1.82) is 0 Å². The molecule has 2 aliphatic carbocycles. The van der Waals surface area contributed by atoms with Gasteiger partial charge in [-0.25, -0.2) is 0 Å². The van der Waals surface area contributed by atoms with Crippen LogP contribution in [0.25, 0.3) is 27.6 Å². The molecule has 0 heterocycles. The number of benzene rings is 5.